The highest BCUT2D eigenvalue weighted by Gasteiger charge is 2.13. The molecule has 0 aliphatic carbocycles. The van der Waals surface area contributed by atoms with Gasteiger partial charge in [-0.15, -0.1) is 12.6 Å². The summed E-state index contributed by atoms with van der Waals surface area (Å²) >= 11 is 4.12. The number of hydrogen-bond donors (Lipinski definition) is 5. The summed E-state index contributed by atoms with van der Waals surface area (Å²) in [7, 11) is 0. The molecule has 2 aromatic carbocycles. The summed E-state index contributed by atoms with van der Waals surface area (Å²) in [6, 6.07) is 8.89. The number of amides is 1. The molecule has 0 radical (unpaired) electrons. The van der Waals surface area contributed by atoms with Gasteiger partial charge < -0.3 is 20.6 Å². The van der Waals surface area contributed by atoms with Crippen LogP contribution in [0.25, 0.3) is 0 Å². The molecule has 98 valence electrons. The smallest absolute Gasteiger partial charge is 0.255 e. The van der Waals surface area contributed by atoms with E-state index in [9.17, 15) is 20.1 Å². The van der Waals surface area contributed by atoms with Gasteiger partial charge in [0.05, 0.1) is 0 Å². The van der Waals surface area contributed by atoms with Crippen molar-refractivity contribution in [3.8, 4) is 17.2 Å². The first kappa shape index (κ1) is 13.1. The van der Waals surface area contributed by atoms with Crippen molar-refractivity contribution in [1.82, 2.24) is 0 Å². The first-order valence-corrected chi connectivity index (χ1v) is 5.77. The standard InChI is InChI=1S/C13H11NO4S/c15-10-5-7(6-11(16)12(10)17)13(18)14-8-1-3-9(19)4-2-8/h1-6,15-17,19H,(H,14,18). The third-order valence-electron chi connectivity index (χ3n) is 2.46. The quantitative estimate of drug-likeness (QED) is 0.430. The van der Waals surface area contributed by atoms with Crippen LogP contribution in [0.15, 0.2) is 41.3 Å². The predicted octanol–water partition coefficient (Wildman–Crippen LogP) is 2.34. The van der Waals surface area contributed by atoms with E-state index in [0.717, 1.165) is 17.0 Å². The SMILES string of the molecule is O=C(Nc1ccc(S)cc1)c1cc(O)c(O)c(O)c1. The van der Waals surface area contributed by atoms with E-state index < -0.39 is 23.2 Å². The minimum Gasteiger partial charge on any atom is -0.504 e. The van der Waals surface area contributed by atoms with Crippen LogP contribution in [0.4, 0.5) is 5.69 Å². The number of carbonyl (C=O) groups is 1. The molecular formula is C13H11NO4S. The predicted molar refractivity (Wildman–Crippen MR) is 73.1 cm³/mol. The molecule has 1 amide bonds. The first-order chi connectivity index (χ1) is 8.97. The van der Waals surface area contributed by atoms with Crippen LogP contribution < -0.4 is 5.32 Å². The molecule has 6 heteroatoms. The van der Waals surface area contributed by atoms with Gasteiger partial charge in [0.25, 0.3) is 5.91 Å². The number of thiol groups is 1. The summed E-state index contributed by atoms with van der Waals surface area (Å²) in [5.74, 6) is -2.29. The Morgan fingerprint density at radius 1 is 1.00 bits per heavy atom. The maximum Gasteiger partial charge on any atom is 0.255 e. The van der Waals surface area contributed by atoms with E-state index in [-0.39, 0.29) is 5.56 Å². The Bertz CT molecular complexity index is 602. The molecule has 0 aliphatic heterocycles. The average molecular weight is 277 g/mol. The fraction of sp³-hybridized carbons (Fsp3) is 0. The van der Waals surface area contributed by atoms with E-state index >= 15 is 0 Å². The molecule has 0 saturated heterocycles. The zero-order valence-electron chi connectivity index (χ0n) is 9.66. The van der Waals surface area contributed by atoms with Gasteiger partial charge in [-0.25, -0.2) is 0 Å². The molecule has 0 fully saturated rings. The normalized spacial score (nSPS) is 10.2. The summed E-state index contributed by atoms with van der Waals surface area (Å²) in [5.41, 5.74) is 0.581. The van der Waals surface area contributed by atoms with E-state index in [1.54, 1.807) is 24.3 Å². The van der Waals surface area contributed by atoms with Crippen LogP contribution in [-0.4, -0.2) is 21.2 Å². The number of hydrogen-bond acceptors (Lipinski definition) is 5. The number of anilines is 1. The fourth-order valence-electron chi connectivity index (χ4n) is 1.48. The van der Waals surface area contributed by atoms with Gasteiger partial charge in [-0.1, -0.05) is 0 Å². The monoisotopic (exact) mass is 277 g/mol. The molecule has 2 rings (SSSR count). The van der Waals surface area contributed by atoms with Crippen LogP contribution in [0, 0.1) is 0 Å². The van der Waals surface area contributed by atoms with E-state index in [1.807, 2.05) is 0 Å². The lowest BCUT2D eigenvalue weighted by Gasteiger charge is -2.07. The van der Waals surface area contributed by atoms with Crippen molar-refractivity contribution < 1.29 is 20.1 Å². The number of phenolic OH excluding ortho intramolecular Hbond substituents is 3. The number of aromatic hydroxyl groups is 3. The Morgan fingerprint density at radius 3 is 2.05 bits per heavy atom. The summed E-state index contributed by atoms with van der Waals surface area (Å²) in [6.45, 7) is 0. The lowest BCUT2D eigenvalue weighted by Crippen LogP contribution is -2.11. The molecule has 0 atom stereocenters. The second-order valence-electron chi connectivity index (χ2n) is 3.86. The van der Waals surface area contributed by atoms with Crippen molar-refractivity contribution in [1.29, 1.82) is 0 Å². The fourth-order valence-corrected chi connectivity index (χ4v) is 1.63. The van der Waals surface area contributed by atoms with Crippen LogP contribution >= 0.6 is 12.6 Å². The highest BCUT2D eigenvalue weighted by Crippen LogP contribution is 2.35. The van der Waals surface area contributed by atoms with E-state index in [1.165, 1.54) is 0 Å². The molecule has 2 aromatic rings. The number of carbonyl (C=O) groups excluding carboxylic acids is 1. The number of nitrogens with one attached hydrogen (secondary N) is 1. The third kappa shape index (κ3) is 2.92. The summed E-state index contributed by atoms with van der Waals surface area (Å²) in [4.78, 5) is 12.6. The maximum atomic E-state index is 11.9. The average Bonchev–Trinajstić information content (AvgIpc) is 2.38. The molecule has 0 aromatic heterocycles. The van der Waals surface area contributed by atoms with Gasteiger partial charge in [-0.05, 0) is 36.4 Å². The van der Waals surface area contributed by atoms with Crippen LogP contribution in [0.1, 0.15) is 10.4 Å². The van der Waals surface area contributed by atoms with Gasteiger partial charge in [0.1, 0.15) is 0 Å². The summed E-state index contributed by atoms with van der Waals surface area (Å²) in [5, 5.41) is 30.4. The summed E-state index contributed by atoms with van der Waals surface area (Å²) < 4.78 is 0. The Kier molecular flexibility index (Phi) is 3.52. The van der Waals surface area contributed by atoms with Crippen LogP contribution in [0.5, 0.6) is 17.2 Å². The molecule has 0 spiro atoms. The van der Waals surface area contributed by atoms with Gasteiger partial charge in [-0.2, -0.15) is 0 Å². The van der Waals surface area contributed by atoms with Gasteiger partial charge >= 0.3 is 0 Å². The largest absolute Gasteiger partial charge is 0.504 e. The van der Waals surface area contributed by atoms with Gasteiger partial charge in [0, 0.05) is 16.1 Å². The number of rotatable bonds is 2. The van der Waals surface area contributed by atoms with Crippen molar-refractivity contribution in [3.05, 3.63) is 42.0 Å². The van der Waals surface area contributed by atoms with Crippen molar-refractivity contribution in [2.24, 2.45) is 0 Å². The molecule has 4 N–H and O–H groups in total. The first-order valence-electron chi connectivity index (χ1n) is 5.32. The van der Waals surface area contributed by atoms with Crippen LogP contribution in [0.2, 0.25) is 0 Å². The lowest BCUT2D eigenvalue weighted by molar-refractivity contribution is 0.102. The van der Waals surface area contributed by atoms with Crippen molar-refractivity contribution in [2.75, 3.05) is 5.32 Å². The van der Waals surface area contributed by atoms with Crippen molar-refractivity contribution in [3.63, 3.8) is 0 Å². The Labute approximate surface area is 114 Å². The zero-order chi connectivity index (χ0) is 14.0. The minimum atomic E-state index is -0.657. The van der Waals surface area contributed by atoms with Crippen LogP contribution in [-0.2, 0) is 0 Å². The molecule has 0 bridgehead atoms. The Hall–Kier alpha value is -2.34. The maximum absolute atomic E-state index is 11.9. The zero-order valence-corrected chi connectivity index (χ0v) is 10.6. The highest BCUT2D eigenvalue weighted by atomic mass is 32.1. The number of benzene rings is 2. The number of phenols is 3. The molecule has 0 aliphatic rings. The highest BCUT2D eigenvalue weighted by molar-refractivity contribution is 7.80. The second-order valence-corrected chi connectivity index (χ2v) is 4.38. The van der Waals surface area contributed by atoms with Crippen molar-refractivity contribution in [2.45, 2.75) is 4.90 Å². The minimum absolute atomic E-state index is 0.0303. The van der Waals surface area contributed by atoms with Gasteiger partial charge in [0.2, 0.25) is 0 Å². The molecular weight excluding hydrogens is 266 g/mol. The van der Waals surface area contributed by atoms with Gasteiger partial charge in [0.15, 0.2) is 17.2 Å². The molecule has 0 heterocycles. The Balaban J connectivity index is 2.23. The molecule has 0 saturated carbocycles. The topological polar surface area (TPSA) is 89.8 Å². The van der Waals surface area contributed by atoms with E-state index in [0.29, 0.717) is 5.69 Å². The second kappa shape index (κ2) is 5.11. The molecule has 0 unspecified atom stereocenters. The molecule has 19 heavy (non-hydrogen) atoms. The van der Waals surface area contributed by atoms with Gasteiger partial charge in [-0.3, -0.25) is 4.79 Å². The third-order valence-corrected chi connectivity index (χ3v) is 2.76. The van der Waals surface area contributed by atoms with Crippen LogP contribution in [0.3, 0.4) is 0 Å². The van der Waals surface area contributed by atoms with E-state index in [4.69, 9.17) is 0 Å². The molecule has 5 nitrogen and oxygen atoms in total. The summed E-state index contributed by atoms with van der Waals surface area (Å²) in [6.07, 6.45) is 0. The lowest BCUT2D eigenvalue weighted by atomic mass is 10.1. The Morgan fingerprint density at radius 2 is 1.53 bits per heavy atom. The van der Waals surface area contributed by atoms with Crippen molar-refractivity contribution >= 4 is 24.2 Å². The van der Waals surface area contributed by atoms with E-state index in [2.05, 4.69) is 17.9 Å².